The molecular weight excluding hydrogens is 316 g/mol. The molecule has 0 radical (unpaired) electrons. The second-order valence-electron chi connectivity index (χ2n) is 7.96. The van der Waals surface area contributed by atoms with Gasteiger partial charge in [-0.15, -0.1) is 0 Å². The molecule has 0 saturated carbocycles. The SMILES string of the molecule is CCc1ccc2c(c1)N(C1CCN(C(=O)OC(C)(C)C)CC1)C(=O)C2. The fraction of sp³-hybridized carbons (Fsp3) is 0.600. The highest BCUT2D eigenvalue weighted by Crippen LogP contribution is 2.34. The number of fused-ring (bicyclic) bond motifs is 1. The molecule has 3 rings (SSSR count). The van der Waals surface area contributed by atoms with Gasteiger partial charge in [0.1, 0.15) is 5.60 Å². The van der Waals surface area contributed by atoms with Crippen molar-refractivity contribution in [2.24, 2.45) is 0 Å². The second kappa shape index (κ2) is 6.70. The van der Waals surface area contributed by atoms with Crippen LogP contribution in [0.4, 0.5) is 10.5 Å². The summed E-state index contributed by atoms with van der Waals surface area (Å²) in [6.07, 6.45) is 2.78. The minimum Gasteiger partial charge on any atom is -0.444 e. The molecule has 1 saturated heterocycles. The summed E-state index contributed by atoms with van der Waals surface area (Å²) in [6, 6.07) is 6.52. The van der Waals surface area contributed by atoms with Crippen molar-refractivity contribution in [1.29, 1.82) is 0 Å². The molecule has 2 heterocycles. The minimum atomic E-state index is -0.478. The van der Waals surface area contributed by atoms with Gasteiger partial charge in [0.2, 0.25) is 5.91 Å². The third-order valence-corrected chi connectivity index (χ3v) is 4.91. The van der Waals surface area contributed by atoms with Crippen molar-refractivity contribution >= 4 is 17.7 Å². The highest BCUT2D eigenvalue weighted by Gasteiger charge is 2.36. The Morgan fingerprint density at radius 1 is 1.24 bits per heavy atom. The van der Waals surface area contributed by atoms with Crippen LogP contribution in [0.25, 0.3) is 0 Å². The fourth-order valence-electron chi connectivity index (χ4n) is 3.62. The summed E-state index contributed by atoms with van der Waals surface area (Å²) < 4.78 is 5.45. The van der Waals surface area contributed by atoms with Crippen molar-refractivity contribution in [3.05, 3.63) is 29.3 Å². The van der Waals surface area contributed by atoms with Gasteiger partial charge in [-0.2, -0.15) is 0 Å². The molecule has 2 amide bonds. The third kappa shape index (κ3) is 3.80. The average Bonchev–Trinajstić information content (AvgIpc) is 2.88. The topological polar surface area (TPSA) is 49.9 Å². The summed E-state index contributed by atoms with van der Waals surface area (Å²) >= 11 is 0. The number of carbonyl (C=O) groups is 2. The van der Waals surface area contributed by atoms with E-state index in [9.17, 15) is 9.59 Å². The van der Waals surface area contributed by atoms with E-state index in [0.29, 0.717) is 19.5 Å². The first-order valence-corrected chi connectivity index (χ1v) is 9.20. The van der Waals surface area contributed by atoms with Gasteiger partial charge in [0.25, 0.3) is 0 Å². The van der Waals surface area contributed by atoms with Crippen molar-refractivity contribution in [1.82, 2.24) is 4.90 Å². The van der Waals surface area contributed by atoms with Crippen molar-refractivity contribution in [2.45, 2.75) is 65.0 Å². The summed E-state index contributed by atoms with van der Waals surface area (Å²) in [4.78, 5) is 28.5. The largest absolute Gasteiger partial charge is 0.444 e. The van der Waals surface area contributed by atoms with Crippen LogP contribution in [0.3, 0.4) is 0 Å². The molecule has 1 aromatic rings. The number of ether oxygens (including phenoxy) is 1. The van der Waals surface area contributed by atoms with Gasteiger partial charge in [0.15, 0.2) is 0 Å². The van der Waals surface area contributed by atoms with Crippen LogP contribution in [0.15, 0.2) is 18.2 Å². The lowest BCUT2D eigenvalue weighted by Crippen LogP contribution is -2.49. The lowest BCUT2D eigenvalue weighted by atomic mass is 10.0. The van der Waals surface area contributed by atoms with Gasteiger partial charge < -0.3 is 14.5 Å². The first-order valence-electron chi connectivity index (χ1n) is 9.20. The van der Waals surface area contributed by atoms with E-state index in [0.717, 1.165) is 30.5 Å². The Labute approximate surface area is 149 Å². The summed E-state index contributed by atoms with van der Waals surface area (Å²) in [5.41, 5.74) is 2.97. The van der Waals surface area contributed by atoms with E-state index in [1.165, 1.54) is 5.56 Å². The monoisotopic (exact) mass is 344 g/mol. The Bertz CT molecular complexity index is 670. The van der Waals surface area contributed by atoms with Gasteiger partial charge in [-0.1, -0.05) is 19.1 Å². The van der Waals surface area contributed by atoms with Gasteiger partial charge >= 0.3 is 6.09 Å². The Morgan fingerprint density at radius 3 is 2.52 bits per heavy atom. The highest BCUT2D eigenvalue weighted by molar-refractivity contribution is 6.02. The number of aryl methyl sites for hydroxylation is 1. The molecule has 1 aromatic carbocycles. The van der Waals surface area contributed by atoms with E-state index in [-0.39, 0.29) is 18.0 Å². The quantitative estimate of drug-likeness (QED) is 0.824. The molecule has 0 aliphatic carbocycles. The highest BCUT2D eigenvalue weighted by atomic mass is 16.6. The zero-order valence-corrected chi connectivity index (χ0v) is 15.7. The van der Waals surface area contributed by atoms with Crippen LogP contribution in [-0.4, -0.2) is 41.6 Å². The number of nitrogens with zero attached hydrogens (tertiary/aromatic N) is 2. The van der Waals surface area contributed by atoms with Crippen LogP contribution in [0.5, 0.6) is 0 Å². The molecule has 0 atom stereocenters. The standard InChI is InChI=1S/C20H28N2O3/c1-5-14-6-7-15-13-18(23)22(17(15)12-14)16-8-10-21(11-9-16)19(24)25-20(2,3)4/h6-7,12,16H,5,8-11,13H2,1-4H3. The number of rotatable bonds is 2. The smallest absolute Gasteiger partial charge is 0.410 e. The Morgan fingerprint density at radius 2 is 1.92 bits per heavy atom. The molecule has 0 aromatic heterocycles. The number of benzene rings is 1. The summed E-state index contributed by atoms with van der Waals surface area (Å²) in [6.45, 7) is 9.02. The predicted octanol–water partition coefficient (Wildman–Crippen LogP) is 3.54. The van der Waals surface area contributed by atoms with E-state index in [1.807, 2.05) is 25.7 Å². The van der Waals surface area contributed by atoms with Gasteiger partial charge in [0, 0.05) is 24.8 Å². The van der Waals surface area contributed by atoms with Crippen LogP contribution in [0.1, 0.15) is 51.7 Å². The molecule has 2 aliphatic rings. The van der Waals surface area contributed by atoms with Crippen LogP contribution in [0, 0.1) is 0 Å². The zero-order valence-electron chi connectivity index (χ0n) is 15.7. The van der Waals surface area contributed by atoms with Crippen LogP contribution >= 0.6 is 0 Å². The second-order valence-corrected chi connectivity index (χ2v) is 7.96. The molecule has 0 spiro atoms. The third-order valence-electron chi connectivity index (χ3n) is 4.91. The fourth-order valence-corrected chi connectivity index (χ4v) is 3.62. The number of carbonyl (C=O) groups excluding carboxylic acids is 2. The molecule has 0 unspecified atom stereocenters. The Balaban J connectivity index is 1.68. The van der Waals surface area contributed by atoms with Gasteiger partial charge in [-0.25, -0.2) is 4.79 Å². The average molecular weight is 344 g/mol. The van der Waals surface area contributed by atoms with E-state index in [2.05, 4.69) is 25.1 Å². The maximum Gasteiger partial charge on any atom is 0.410 e. The Kier molecular flexibility index (Phi) is 4.76. The van der Waals surface area contributed by atoms with Crippen molar-refractivity contribution in [3.8, 4) is 0 Å². The number of hydrogen-bond acceptors (Lipinski definition) is 3. The number of hydrogen-bond donors (Lipinski definition) is 0. The molecular formula is C20H28N2O3. The summed E-state index contributed by atoms with van der Waals surface area (Å²) in [5, 5.41) is 0. The first-order chi connectivity index (χ1) is 11.8. The van der Waals surface area contributed by atoms with Gasteiger partial charge in [0.05, 0.1) is 6.42 Å². The molecule has 25 heavy (non-hydrogen) atoms. The number of likely N-dealkylation sites (tertiary alicyclic amines) is 1. The van der Waals surface area contributed by atoms with Crippen molar-refractivity contribution in [2.75, 3.05) is 18.0 Å². The Hall–Kier alpha value is -2.04. The molecule has 5 heteroatoms. The molecule has 0 bridgehead atoms. The number of anilines is 1. The predicted molar refractivity (Wildman–Crippen MR) is 97.8 cm³/mol. The lowest BCUT2D eigenvalue weighted by Gasteiger charge is -2.37. The van der Waals surface area contributed by atoms with Crippen LogP contribution < -0.4 is 4.90 Å². The van der Waals surface area contributed by atoms with Crippen LogP contribution in [-0.2, 0) is 22.4 Å². The van der Waals surface area contributed by atoms with E-state index < -0.39 is 5.60 Å². The van der Waals surface area contributed by atoms with Crippen molar-refractivity contribution in [3.63, 3.8) is 0 Å². The number of amides is 2. The van der Waals surface area contributed by atoms with Gasteiger partial charge in [-0.05, 0) is 57.2 Å². The molecule has 136 valence electrons. The molecule has 2 aliphatic heterocycles. The summed E-state index contributed by atoms with van der Waals surface area (Å²) in [7, 11) is 0. The summed E-state index contributed by atoms with van der Waals surface area (Å²) in [5.74, 6) is 0.180. The lowest BCUT2D eigenvalue weighted by molar-refractivity contribution is -0.118. The van der Waals surface area contributed by atoms with Crippen molar-refractivity contribution < 1.29 is 14.3 Å². The molecule has 5 nitrogen and oxygen atoms in total. The van der Waals surface area contributed by atoms with E-state index >= 15 is 0 Å². The zero-order chi connectivity index (χ0) is 18.2. The first kappa shape index (κ1) is 17.8. The maximum absolute atomic E-state index is 12.6. The van der Waals surface area contributed by atoms with Crippen LogP contribution in [0.2, 0.25) is 0 Å². The van der Waals surface area contributed by atoms with E-state index in [1.54, 1.807) is 4.90 Å². The van der Waals surface area contributed by atoms with E-state index in [4.69, 9.17) is 4.74 Å². The minimum absolute atomic E-state index is 0.166. The van der Waals surface area contributed by atoms with Gasteiger partial charge in [-0.3, -0.25) is 4.79 Å². The number of piperidine rings is 1. The normalized spacial score (nSPS) is 18.5. The molecule has 0 N–H and O–H groups in total. The maximum atomic E-state index is 12.6. The molecule has 1 fully saturated rings.